The molecule has 0 unspecified atom stereocenters. The molecular formula is C6H9N3O. The Balaban J connectivity index is 2.27. The van der Waals surface area contributed by atoms with E-state index < -0.39 is 0 Å². The van der Waals surface area contributed by atoms with Gasteiger partial charge in [-0.2, -0.15) is 4.99 Å². The molecule has 0 aromatic carbocycles. The van der Waals surface area contributed by atoms with Gasteiger partial charge in [-0.15, -0.1) is 0 Å². The molecule has 3 N–H and O–H groups in total. The van der Waals surface area contributed by atoms with Crippen molar-refractivity contribution in [2.45, 2.75) is 24.8 Å². The van der Waals surface area contributed by atoms with E-state index in [1.54, 1.807) is 0 Å². The van der Waals surface area contributed by atoms with Crippen molar-refractivity contribution in [3.05, 3.63) is 0 Å². The summed E-state index contributed by atoms with van der Waals surface area (Å²) in [6, 6.07) is -0.280. The maximum Gasteiger partial charge on any atom is 0.343 e. The average molecular weight is 139 g/mol. The van der Waals surface area contributed by atoms with E-state index in [9.17, 15) is 4.79 Å². The lowest BCUT2D eigenvalue weighted by atomic mass is 9.76. The molecule has 0 radical (unpaired) electrons. The number of hydrogen-bond donors (Lipinski definition) is 2. The number of carbonyl (C=O) groups excluding carboxylic acids is 1. The summed E-state index contributed by atoms with van der Waals surface area (Å²) in [5, 5.41) is 2.75. The summed E-state index contributed by atoms with van der Waals surface area (Å²) in [5.41, 5.74) is 5.31. The number of nitrogens with zero attached hydrogens (tertiary/aromatic N) is 1. The second-order valence-corrected chi connectivity index (χ2v) is 2.86. The van der Waals surface area contributed by atoms with E-state index in [2.05, 4.69) is 10.3 Å². The molecule has 54 valence electrons. The number of urea groups is 1. The van der Waals surface area contributed by atoms with Crippen LogP contribution in [0.1, 0.15) is 19.3 Å². The van der Waals surface area contributed by atoms with E-state index in [1.807, 2.05) is 0 Å². The number of carbonyl (C=O) groups is 1. The lowest BCUT2D eigenvalue weighted by Crippen LogP contribution is -2.56. The van der Waals surface area contributed by atoms with Crippen molar-refractivity contribution in [2.24, 2.45) is 10.7 Å². The summed E-state index contributed by atoms with van der Waals surface area (Å²) >= 11 is 0. The zero-order chi connectivity index (χ0) is 7.19. The Bertz CT molecular complexity index is 217. The minimum atomic E-state index is -0.280. The van der Waals surface area contributed by atoms with Gasteiger partial charge in [-0.3, -0.25) is 0 Å². The monoisotopic (exact) mass is 139 g/mol. The summed E-state index contributed by atoms with van der Waals surface area (Å²) in [7, 11) is 0. The van der Waals surface area contributed by atoms with Crippen molar-refractivity contribution in [3.63, 3.8) is 0 Å². The Hall–Kier alpha value is -1.06. The van der Waals surface area contributed by atoms with Crippen molar-refractivity contribution in [1.29, 1.82) is 0 Å². The third-order valence-corrected chi connectivity index (χ3v) is 2.27. The second kappa shape index (κ2) is 1.51. The van der Waals surface area contributed by atoms with E-state index in [-0.39, 0.29) is 11.6 Å². The standard InChI is InChI=1S/C6H9N3O/c7-4-6(2-1-3-6)9-5(10)8-4/h1-3H2,(H3,7,8,9,10). The van der Waals surface area contributed by atoms with Crippen molar-refractivity contribution in [1.82, 2.24) is 5.32 Å². The molecule has 2 aliphatic rings. The van der Waals surface area contributed by atoms with Crippen LogP contribution in [0.4, 0.5) is 4.79 Å². The molecule has 0 atom stereocenters. The summed E-state index contributed by atoms with van der Waals surface area (Å²) < 4.78 is 0. The zero-order valence-electron chi connectivity index (χ0n) is 5.55. The molecule has 1 aliphatic heterocycles. The first kappa shape index (κ1) is 5.70. The van der Waals surface area contributed by atoms with Gasteiger partial charge >= 0.3 is 6.03 Å². The first-order chi connectivity index (χ1) is 4.73. The van der Waals surface area contributed by atoms with Crippen LogP contribution in [-0.4, -0.2) is 17.4 Å². The van der Waals surface area contributed by atoms with Crippen molar-refractivity contribution in [2.75, 3.05) is 0 Å². The van der Waals surface area contributed by atoms with Crippen molar-refractivity contribution >= 4 is 11.9 Å². The molecule has 2 amide bonds. The average Bonchev–Trinajstić information content (AvgIpc) is 2.04. The number of rotatable bonds is 0. The molecule has 1 heterocycles. The molecular weight excluding hydrogens is 130 g/mol. The van der Waals surface area contributed by atoms with Gasteiger partial charge in [-0.1, -0.05) is 0 Å². The van der Waals surface area contributed by atoms with E-state index in [1.165, 1.54) is 0 Å². The van der Waals surface area contributed by atoms with Crippen LogP contribution in [0.25, 0.3) is 0 Å². The Morgan fingerprint density at radius 2 is 2.30 bits per heavy atom. The van der Waals surface area contributed by atoms with Crippen LogP contribution in [0.15, 0.2) is 4.99 Å². The highest BCUT2D eigenvalue weighted by atomic mass is 16.2. The van der Waals surface area contributed by atoms with Crippen LogP contribution in [0, 0.1) is 0 Å². The normalized spacial score (nSPS) is 27.6. The Morgan fingerprint density at radius 1 is 1.60 bits per heavy atom. The number of nitrogens with one attached hydrogen (secondary N) is 1. The van der Waals surface area contributed by atoms with E-state index in [4.69, 9.17) is 5.73 Å². The Labute approximate surface area is 58.5 Å². The molecule has 10 heavy (non-hydrogen) atoms. The zero-order valence-corrected chi connectivity index (χ0v) is 5.55. The third kappa shape index (κ3) is 0.509. The highest BCUT2D eigenvalue weighted by Gasteiger charge is 2.45. The molecule has 1 spiro atoms. The van der Waals surface area contributed by atoms with Crippen LogP contribution in [-0.2, 0) is 0 Å². The molecule has 4 heteroatoms. The molecule has 0 saturated heterocycles. The number of hydrogen-bond acceptors (Lipinski definition) is 2. The van der Waals surface area contributed by atoms with Crippen molar-refractivity contribution < 1.29 is 4.79 Å². The second-order valence-electron chi connectivity index (χ2n) is 2.86. The summed E-state index contributed by atoms with van der Waals surface area (Å²) in [4.78, 5) is 14.3. The molecule has 0 aromatic heterocycles. The lowest BCUT2D eigenvalue weighted by molar-refractivity contribution is 0.231. The predicted molar refractivity (Wildman–Crippen MR) is 36.7 cm³/mol. The van der Waals surface area contributed by atoms with E-state index in [0.717, 1.165) is 19.3 Å². The van der Waals surface area contributed by atoms with Gasteiger partial charge in [0.1, 0.15) is 5.84 Å². The van der Waals surface area contributed by atoms with Crippen LogP contribution in [0.5, 0.6) is 0 Å². The topological polar surface area (TPSA) is 67.5 Å². The van der Waals surface area contributed by atoms with E-state index in [0.29, 0.717) is 5.84 Å². The Morgan fingerprint density at radius 3 is 2.50 bits per heavy atom. The van der Waals surface area contributed by atoms with Gasteiger partial charge < -0.3 is 11.1 Å². The quantitative estimate of drug-likeness (QED) is 0.495. The van der Waals surface area contributed by atoms with Crippen LogP contribution in [0.2, 0.25) is 0 Å². The van der Waals surface area contributed by atoms with Gasteiger partial charge in [0.25, 0.3) is 0 Å². The van der Waals surface area contributed by atoms with Crippen LogP contribution in [0.3, 0.4) is 0 Å². The SMILES string of the molecule is NC1=NC(=O)NC12CCC2. The number of nitrogens with two attached hydrogens (primary N) is 1. The minimum Gasteiger partial charge on any atom is -0.385 e. The number of amides is 2. The molecule has 4 nitrogen and oxygen atoms in total. The first-order valence-corrected chi connectivity index (χ1v) is 3.40. The molecule has 1 saturated carbocycles. The minimum absolute atomic E-state index is 0.225. The lowest BCUT2D eigenvalue weighted by Gasteiger charge is -2.37. The van der Waals surface area contributed by atoms with E-state index >= 15 is 0 Å². The number of amidine groups is 1. The van der Waals surface area contributed by atoms with Gasteiger partial charge in [-0.25, -0.2) is 4.79 Å². The van der Waals surface area contributed by atoms with Gasteiger partial charge in [0.15, 0.2) is 0 Å². The molecule has 0 aromatic rings. The van der Waals surface area contributed by atoms with Gasteiger partial charge in [0.05, 0.1) is 5.54 Å². The Kier molecular flexibility index (Phi) is 0.859. The summed E-state index contributed by atoms with van der Waals surface area (Å²) in [6.45, 7) is 0. The predicted octanol–water partition coefficient (Wildman–Crippen LogP) is -0.0105. The maximum atomic E-state index is 10.7. The molecule has 1 fully saturated rings. The van der Waals surface area contributed by atoms with Crippen LogP contribution >= 0.6 is 0 Å². The highest BCUT2D eigenvalue weighted by Crippen LogP contribution is 2.34. The van der Waals surface area contributed by atoms with Gasteiger partial charge in [0.2, 0.25) is 0 Å². The first-order valence-electron chi connectivity index (χ1n) is 3.40. The summed E-state index contributed by atoms with van der Waals surface area (Å²) in [5.74, 6) is 0.476. The smallest absolute Gasteiger partial charge is 0.343 e. The molecule has 2 rings (SSSR count). The fraction of sp³-hybridized carbons (Fsp3) is 0.667. The highest BCUT2D eigenvalue weighted by molar-refractivity contribution is 6.06. The molecule has 0 bridgehead atoms. The maximum absolute atomic E-state index is 10.7. The summed E-state index contributed by atoms with van der Waals surface area (Å²) in [6.07, 6.45) is 3.04. The van der Waals surface area contributed by atoms with Crippen molar-refractivity contribution in [3.8, 4) is 0 Å². The third-order valence-electron chi connectivity index (χ3n) is 2.27. The van der Waals surface area contributed by atoms with Gasteiger partial charge in [0, 0.05) is 0 Å². The fourth-order valence-corrected chi connectivity index (χ4v) is 1.42. The van der Waals surface area contributed by atoms with Gasteiger partial charge in [-0.05, 0) is 19.3 Å². The largest absolute Gasteiger partial charge is 0.385 e. The molecule has 1 aliphatic carbocycles. The fourth-order valence-electron chi connectivity index (χ4n) is 1.42. The number of aliphatic imine (C=N–C) groups is 1. The van der Waals surface area contributed by atoms with Crippen LogP contribution < -0.4 is 11.1 Å².